The molecule has 0 unspecified atom stereocenters. The van der Waals surface area contributed by atoms with Crippen LogP contribution in [0.15, 0.2) is 21.1 Å². The maximum Gasteiger partial charge on any atom is 0.147 e. The lowest BCUT2D eigenvalue weighted by atomic mass is 10.3. The fourth-order valence-corrected chi connectivity index (χ4v) is 2.20. The molecule has 71 valence electrons. The van der Waals surface area contributed by atoms with Gasteiger partial charge in [-0.1, -0.05) is 0 Å². The maximum absolute atomic E-state index is 12.8. The Morgan fingerprint density at radius 3 is 2.31 bits per heavy atom. The van der Waals surface area contributed by atoms with Crippen LogP contribution in [0.3, 0.4) is 0 Å². The fourth-order valence-electron chi connectivity index (χ4n) is 0.841. The standard InChI is InChI=1S/C9H8Br2FO/c1-2-3-13-9-7(10)4-6(12)5-8(9)11/h4-5H,1-3H2. The largest absolute Gasteiger partial charge is 0.491 e. The molecule has 0 saturated carbocycles. The summed E-state index contributed by atoms with van der Waals surface area (Å²) in [5.74, 6) is 0.311. The van der Waals surface area contributed by atoms with Gasteiger partial charge in [0, 0.05) is 0 Å². The predicted molar refractivity (Wildman–Crippen MR) is 57.3 cm³/mol. The van der Waals surface area contributed by atoms with Crippen LogP contribution < -0.4 is 4.74 Å². The van der Waals surface area contributed by atoms with Crippen LogP contribution in [0, 0.1) is 12.7 Å². The molecule has 0 saturated heterocycles. The van der Waals surface area contributed by atoms with E-state index < -0.39 is 0 Å². The summed E-state index contributed by atoms with van der Waals surface area (Å²) in [4.78, 5) is 0. The molecular weight excluding hydrogens is 303 g/mol. The van der Waals surface area contributed by atoms with E-state index >= 15 is 0 Å². The maximum atomic E-state index is 12.8. The highest BCUT2D eigenvalue weighted by Gasteiger charge is 2.08. The van der Waals surface area contributed by atoms with Crippen LogP contribution >= 0.6 is 31.9 Å². The van der Waals surface area contributed by atoms with Gasteiger partial charge in [0.15, 0.2) is 0 Å². The zero-order valence-corrected chi connectivity index (χ0v) is 9.99. The number of benzene rings is 1. The Bertz CT molecular complexity index is 279. The van der Waals surface area contributed by atoms with Crippen LogP contribution in [-0.4, -0.2) is 6.61 Å². The van der Waals surface area contributed by atoms with Gasteiger partial charge in [-0.05, 0) is 57.3 Å². The van der Waals surface area contributed by atoms with E-state index in [2.05, 4.69) is 38.8 Å². The Balaban J connectivity index is 2.92. The SMILES string of the molecule is [CH2]CCOc1c(Br)cc(F)cc1Br. The Morgan fingerprint density at radius 2 is 1.85 bits per heavy atom. The average molecular weight is 311 g/mol. The first-order chi connectivity index (χ1) is 6.15. The lowest BCUT2D eigenvalue weighted by molar-refractivity contribution is 0.319. The topological polar surface area (TPSA) is 9.23 Å². The molecule has 1 aromatic rings. The lowest BCUT2D eigenvalue weighted by Gasteiger charge is -2.08. The molecule has 4 heteroatoms. The van der Waals surface area contributed by atoms with Gasteiger partial charge >= 0.3 is 0 Å². The summed E-state index contributed by atoms with van der Waals surface area (Å²) in [6.45, 7) is 4.16. The second-order valence-electron chi connectivity index (χ2n) is 2.40. The van der Waals surface area contributed by atoms with Crippen LogP contribution in [0.4, 0.5) is 4.39 Å². The molecule has 0 aliphatic heterocycles. The molecule has 0 aliphatic rings. The summed E-state index contributed by atoms with van der Waals surface area (Å²) in [6, 6.07) is 2.73. The van der Waals surface area contributed by atoms with Gasteiger partial charge in [-0.3, -0.25) is 0 Å². The molecule has 0 aromatic heterocycles. The highest BCUT2D eigenvalue weighted by molar-refractivity contribution is 9.11. The van der Waals surface area contributed by atoms with E-state index in [1.807, 2.05) is 0 Å². The number of hydrogen-bond acceptors (Lipinski definition) is 1. The van der Waals surface area contributed by atoms with Gasteiger partial charge in [0.1, 0.15) is 11.6 Å². The van der Waals surface area contributed by atoms with Crippen molar-refractivity contribution in [2.45, 2.75) is 6.42 Å². The highest BCUT2D eigenvalue weighted by Crippen LogP contribution is 2.34. The van der Waals surface area contributed by atoms with Crippen molar-refractivity contribution in [2.24, 2.45) is 0 Å². The van der Waals surface area contributed by atoms with Crippen LogP contribution in [0.2, 0.25) is 0 Å². The number of rotatable bonds is 3. The molecule has 0 aliphatic carbocycles. The molecule has 0 fully saturated rings. The molecule has 0 N–H and O–H groups in total. The van der Waals surface area contributed by atoms with Gasteiger partial charge in [0.05, 0.1) is 15.6 Å². The van der Waals surface area contributed by atoms with Crippen LogP contribution in [0.25, 0.3) is 0 Å². The smallest absolute Gasteiger partial charge is 0.147 e. The minimum atomic E-state index is -0.305. The minimum Gasteiger partial charge on any atom is -0.491 e. The van der Waals surface area contributed by atoms with Crippen LogP contribution in [-0.2, 0) is 0 Å². The first-order valence-electron chi connectivity index (χ1n) is 3.71. The molecule has 0 heterocycles. The van der Waals surface area contributed by atoms with E-state index in [4.69, 9.17) is 4.74 Å². The van der Waals surface area contributed by atoms with Crippen molar-refractivity contribution in [1.29, 1.82) is 0 Å². The fraction of sp³-hybridized carbons (Fsp3) is 0.222. The summed E-state index contributed by atoms with van der Waals surface area (Å²) < 4.78 is 19.4. The van der Waals surface area contributed by atoms with E-state index in [0.29, 0.717) is 27.7 Å². The Morgan fingerprint density at radius 1 is 1.31 bits per heavy atom. The Hall–Kier alpha value is -0.0900. The first kappa shape index (κ1) is 11.0. The van der Waals surface area contributed by atoms with E-state index in [9.17, 15) is 4.39 Å². The third-order valence-corrected chi connectivity index (χ3v) is 2.53. The molecule has 0 spiro atoms. The number of hydrogen-bond donors (Lipinski definition) is 0. The Labute approximate surface area is 93.5 Å². The molecule has 13 heavy (non-hydrogen) atoms. The lowest BCUT2D eigenvalue weighted by Crippen LogP contribution is -1.97. The van der Waals surface area contributed by atoms with Crippen molar-refractivity contribution in [3.63, 3.8) is 0 Å². The van der Waals surface area contributed by atoms with E-state index in [-0.39, 0.29) is 5.82 Å². The summed E-state index contributed by atoms with van der Waals surface area (Å²) in [7, 11) is 0. The first-order valence-corrected chi connectivity index (χ1v) is 5.30. The molecule has 1 nitrogen and oxygen atoms in total. The van der Waals surface area contributed by atoms with Gasteiger partial charge in [-0.15, -0.1) is 0 Å². The van der Waals surface area contributed by atoms with E-state index in [1.165, 1.54) is 12.1 Å². The van der Waals surface area contributed by atoms with Crippen molar-refractivity contribution < 1.29 is 9.13 Å². The van der Waals surface area contributed by atoms with Gasteiger partial charge in [0.2, 0.25) is 0 Å². The van der Waals surface area contributed by atoms with Crippen molar-refractivity contribution in [3.05, 3.63) is 33.8 Å². The van der Waals surface area contributed by atoms with Crippen LogP contribution in [0.5, 0.6) is 5.75 Å². The van der Waals surface area contributed by atoms with Crippen molar-refractivity contribution >= 4 is 31.9 Å². The average Bonchev–Trinajstić information content (AvgIpc) is 2.02. The Kier molecular flexibility index (Phi) is 4.19. The normalized spacial score (nSPS) is 10.2. The third kappa shape index (κ3) is 2.95. The highest BCUT2D eigenvalue weighted by atomic mass is 79.9. The summed E-state index contributed by atoms with van der Waals surface area (Å²) >= 11 is 6.43. The summed E-state index contributed by atoms with van der Waals surface area (Å²) in [5, 5.41) is 0. The van der Waals surface area contributed by atoms with E-state index in [0.717, 1.165) is 0 Å². The van der Waals surface area contributed by atoms with Gasteiger partial charge in [-0.2, -0.15) is 0 Å². The second kappa shape index (κ2) is 4.96. The molecular formula is C9H8Br2FO. The van der Waals surface area contributed by atoms with Gasteiger partial charge in [0.25, 0.3) is 0 Å². The number of ether oxygens (including phenoxy) is 1. The van der Waals surface area contributed by atoms with Crippen LogP contribution in [0.1, 0.15) is 6.42 Å². The molecule has 1 rings (SSSR count). The summed E-state index contributed by atoms with van der Waals surface area (Å²) in [6.07, 6.45) is 0.677. The number of halogens is 3. The monoisotopic (exact) mass is 309 g/mol. The van der Waals surface area contributed by atoms with Crippen molar-refractivity contribution in [2.75, 3.05) is 6.61 Å². The predicted octanol–water partition coefficient (Wildman–Crippen LogP) is 3.95. The molecule has 0 bridgehead atoms. The minimum absolute atomic E-state index is 0.305. The molecule has 1 radical (unpaired) electrons. The zero-order valence-electron chi connectivity index (χ0n) is 6.82. The van der Waals surface area contributed by atoms with Gasteiger partial charge in [-0.25, -0.2) is 4.39 Å². The second-order valence-corrected chi connectivity index (χ2v) is 4.11. The quantitative estimate of drug-likeness (QED) is 0.821. The molecule has 1 aromatic carbocycles. The summed E-state index contributed by atoms with van der Waals surface area (Å²) in [5.41, 5.74) is 0. The van der Waals surface area contributed by atoms with Gasteiger partial charge < -0.3 is 4.74 Å². The van der Waals surface area contributed by atoms with Crippen molar-refractivity contribution in [1.82, 2.24) is 0 Å². The van der Waals surface area contributed by atoms with E-state index in [1.54, 1.807) is 0 Å². The third-order valence-electron chi connectivity index (χ3n) is 1.35. The van der Waals surface area contributed by atoms with Crippen molar-refractivity contribution in [3.8, 4) is 5.75 Å². The zero-order chi connectivity index (χ0) is 9.84. The molecule has 0 amide bonds. The molecule has 0 atom stereocenters.